The number of aryl methyl sites for hydroxylation is 1. The van der Waals surface area contributed by atoms with E-state index < -0.39 is 0 Å². The van der Waals surface area contributed by atoms with Crippen LogP contribution in [0, 0.1) is 12.8 Å². The molecule has 2 nitrogen and oxygen atoms in total. The van der Waals surface area contributed by atoms with Gasteiger partial charge in [0.2, 0.25) is 0 Å². The molecule has 1 N–H and O–H groups in total. The van der Waals surface area contributed by atoms with Gasteiger partial charge in [0.25, 0.3) is 0 Å². The van der Waals surface area contributed by atoms with Crippen LogP contribution >= 0.6 is 23.1 Å². The van der Waals surface area contributed by atoms with Gasteiger partial charge in [0.15, 0.2) is 0 Å². The van der Waals surface area contributed by atoms with Crippen LogP contribution in [0.15, 0.2) is 5.51 Å². The molecule has 0 aliphatic carbocycles. The van der Waals surface area contributed by atoms with Crippen LogP contribution in [0.1, 0.15) is 37.4 Å². The minimum absolute atomic E-state index is 0.437. The summed E-state index contributed by atoms with van der Waals surface area (Å²) in [6.07, 6.45) is 0. The van der Waals surface area contributed by atoms with Crippen LogP contribution in [0.3, 0.4) is 0 Å². The Morgan fingerprint density at radius 3 is 2.75 bits per heavy atom. The Hall–Kier alpha value is -0.0600. The maximum atomic E-state index is 4.28. The quantitative estimate of drug-likeness (QED) is 0.758. The van der Waals surface area contributed by atoms with Crippen molar-refractivity contribution < 1.29 is 0 Å². The van der Waals surface area contributed by atoms with Gasteiger partial charge in [-0.3, -0.25) is 0 Å². The Morgan fingerprint density at radius 1 is 1.44 bits per heavy atom. The summed E-state index contributed by atoms with van der Waals surface area (Å²) in [7, 11) is 0. The number of hydrogen-bond donors (Lipinski definition) is 1. The van der Waals surface area contributed by atoms with E-state index in [-0.39, 0.29) is 0 Å². The highest BCUT2D eigenvalue weighted by Gasteiger charge is 2.09. The van der Waals surface area contributed by atoms with E-state index >= 15 is 0 Å². The minimum Gasteiger partial charge on any atom is -0.309 e. The third kappa shape index (κ3) is 4.85. The molecule has 0 aliphatic heterocycles. The molecule has 0 fully saturated rings. The van der Waals surface area contributed by atoms with Crippen molar-refractivity contribution in [2.45, 2.75) is 33.7 Å². The van der Waals surface area contributed by atoms with Gasteiger partial charge in [0.1, 0.15) is 0 Å². The van der Waals surface area contributed by atoms with Crippen molar-refractivity contribution in [2.75, 3.05) is 18.1 Å². The molecule has 1 aromatic rings. The highest BCUT2D eigenvalue weighted by atomic mass is 32.2. The molecule has 1 atom stereocenters. The summed E-state index contributed by atoms with van der Waals surface area (Å²) in [6.45, 7) is 9.91. The first-order valence-corrected chi connectivity index (χ1v) is 7.85. The van der Waals surface area contributed by atoms with Crippen LogP contribution in [0.4, 0.5) is 0 Å². The van der Waals surface area contributed by atoms with Crippen molar-refractivity contribution in [1.29, 1.82) is 0 Å². The van der Waals surface area contributed by atoms with E-state index in [1.54, 1.807) is 11.3 Å². The first kappa shape index (κ1) is 14.0. The maximum Gasteiger partial charge on any atom is 0.0798 e. The molecule has 0 aliphatic rings. The summed E-state index contributed by atoms with van der Waals surface area (Å²) < 4.78 is 0. The molecule has 92 valence electrons. The van der Waals surface area contributed by atoms with Crippen molar-refractivity contribution in [1.82, 2.24) is 10.3 Å². The van der Waals surface area contributed by atoms with Gasteiger partial charge in [-0.1, -0.05) is 13.8 Å². The summed E-state index contributed by atoms with van der Waals surface area (Å²) in [5, 5.41) is 3.55. The standard InChI is InChI=1S/C12H22N2S2/c1-9(2)7-15-6-5-13-10(3)12-11(4)14-8-16-12/h8-10,13H,5-7H2,1-4H3. The predicted octanol–water partition coefficient (Wildman–Crippen LogP) is 3.49. The van der Waals surface area contributed by atoms with E-state index in [1.807, 2.05) is 17.3 Å². The third-order valence-electron chi connectivity index (χ3n) is 2.32. The second-order valence-corrected chi connectivity index (χ2v) is 6.48. The smallest absolute Gasteiger partial charge is 0.0798 e. The Morgan fingerprint density at radius 2 is 2.19 bits per heavy atom. The van der Waals surface area contributed by atoms with Gasteiger partial charge in [-0.2, -0.15) is 11.8 Å². The fourth-order valence-corrected chi connectivity index (χ4v) is 3.22. The Bertz CT molecular complexity index is 297. The molecule has 1 aromatic heterocycles. The Balaban J connectivity index is 2.16. The highest BCUT2D eigenvalue weighted by molar-refractivity contribution is 7.99. The predicted molar refractivity (Wildman–Crippen MR) is 75.4 cm³/mol. The van der Waals surface area contributed by atoms with Crippen LogP contribution in [0.25, 0.3) is 0 Å². The molecule has 0 aromatic carbocycles. The molecule has 4 heteroatoms. The van der Waals surface area contributed by atoms with E-state index in [1.165, 1.54) is 22.1 Å². The lowest BCUT2D eigenvalue weighted by Gasteiger charge is -2.12. The highest BCUT2D eigenvalue weighted by Crippen LogP contribution is 2.20. The average molecular weight is 258 g/mol. The molecule has 0 saturated carbocycles. The van der Waals surface area contributed by atoms with Gasteiger partial charge in [-0.05, 0) is 25.5 Å². The van der Waals surface area contributed by atoms with Crippen molar-refractivity contribution in [3.8, 4) is 0 Å². The third-order valence-corrected chi connectivity index (χ3v) is 4.83. The van der Waals surface area contributed by atoms with Crippen molar-refractivity contribution in [2.24, 2.45) is 5.92 Å². The SMILES string of the molecule is Cc1ncsc1C(C)NCCSCC(C)C. The summed E-state index contributed by atoms with van der Waals surface area (Å²) in [5.41, 5.74) is 3.09. The van der Waals surface area contributed by atoms with Gasteiger partial charge in [0.05, 0.1) is 11.2 Å². The molecule has 1 rings (SSSR count). The van der Waals surface area contributed by atoms with E-state index in [0.29, 0.717) is 6.04 Å². The molecule has 16 heavy (non-hydrogen) atoms. The van der Waals surface area contributed by atoms with E-state index in [4.69, 9.17) is 0 Å². The maximum absolute atomic E-state index is 4.28. The molecule has 0 radical (unpaired) electrons. The second-order valence-electron chi connectivity index (χ2n) is 4.45. The van der Waals surface area contributed by atoms with Gasteiger partial charge in [-0.15, -0.1) is 11.3 Å². The Labute approximate surface area is 107 Å². The number of thiazole rings is 1. The monoisotopic (exact) mass is 258 g/mol. The summed E-state index contributed by atoms with van der Waals surface area (Å²) in [5.74, 6) is 3.25. The number of nitrogens with one attached hydrogen (secondary N) is 1. The fourth-order valence-electron chi connectivity index (χ4n) is 1.49. The molecule has 1 unspecified atom stereocenters. The van der Waals surface area contributed by atoms with Crippen molar-refractivity contribution in [3.63, 3.8) is 0 Å². The average Bonchev–Trinajstić information content (AvgIpc) is 2.63. The second kappa shape index (κ2) is 7.30. The molecule has 0 amide bonds. The summed E-state index contributed by atoms with van der Waals surface area (Å²) >= 11 is 3.78. The van der Waals surface area contributed by atoms with Gasteiger partial charge in [0, 0.05) is 23.2 Å². The molecule has 0 bridgehead atoms. The van der Waals surface area contributed by atoms with Crippen LogP contribution in [-0.4, -0.2) is 23.0 Å². The molecular weight excluding hydrogens is 236 g/mol. The zero-order valence-electron chi connectivity index (χ0n) is 10.6. The first-order valence-electron chi connectivity index (χ1n) is 5.82. The minimum atomic E-state index is 0.437. The number of thioether (sulfide) groups is 1. The molecule has 0 saturated heterocycles. The number of aromatic nitrogens is 1. The number of rotatable bonds is 7. The van der Waals surface area contributed by atoms with Crippen LogP contribution < -0.4 is 5.32 Å². The largest absolute Gasteiger partial charge is 0.309 e. The van der Waals surface area contributed by atoms with Crippen LogP contribution in [0.5, 0.6) is 0 Å². The van der Waals surface area contributed by atoms with Crippen LogP contribution in [0.2, 0.25) is 0 Å². The van der Waals surface area contributed by atoms with Crippen molar-refractivity contribution in [3.05, 3.63) is 16.1 Å². The van der Waals surface area contributed by atoms with Gasteiger partial charge in [-0.25, -0.2) is 4.98 Å². The first-order chi connectivity index (χ1) is 7.61. The lowest BCUT2D eigenvalue weighted by Crippen LogP contribution is -2.21. The van der Waals surface area contributed by atoms with E-state index in [0.717, 1.165) is 12.5 Å². The zero-order valence-corrected chi connectivity index (χ0v) is 12.3. The van der Waals surface area contributed by atoms with Crippen LogP contribution in [-0.2, 0) is 0 Å². The lowest BCUT2D eigenvalue weighted by atomic mass is 10.2. The number of hydrogen-bond acceptors (Lipinski definition) is 4. The van der Waals surface area contributed by atoms with E-state index in [2.05, 4.69) is 38.0 Å². The van der Waals surface area contributed by atoms with Gasteiger partial charge < -0.3 is 5.32 Å². The number of nitrogens with zero attached hydrogens (tertiary/aromatic N) is 1. The van der Waals surface area contributed by atoms with E-state index in [9.17, 15) is 0 Å². The van der Waals surface area contributed by atoms with Crippen molar-refractivity contribution >= 4 is 23.1 Å². The Kier molecular flexibility index (Phi) is 6.39. The fraction of sp³-hybridized carbons (Fsp3) is 0.750. The van der Waals surface area contributed by atoms with Gasteiger partial charge >= 0.3 is 0 Å². The normalized spacial score (nSPS) is 13.3. The zero-order chi connectivity index (χ0) is 12.0. The lowest BCUT2D eigenvalue weighted by molar-refractivity contribution is 0.606. The topological polar surface area (TPSA) is 24.9 Å². The molecule has 1 heterocycles. The summed E-state index contributed by atoms with van der Waals surface area (Å²) in [6, 6.07) is 0.437. The molecular formula is C12H22N2S2. The molecule has 0 spiro atoms. The summed E-state index contributed by atoms with van der Waals surface area (Å²) in [4.78, 5) is 5.65.